The van der Waals surface area contributed by atoms with Gasteiger partial charge in [0.25, 0.3) is 0 Å². The largest absolute Gasteiger partial charge is 0.383 e. The quantitative estimate of drug-likeness (QED) is 0.510. The van der Waals surface area contributed by atoms with Crippen LogP contribution in [0.2, 0.25) is 0 Å². The van der Waals surface area contributed by atoms with Gasteiger partial charge in [-0.05, 0) is 38.7 Å². The van der Waals surface area contributed by atoms with Crippen LogP contribution in [0.5, 0.6) is 0 Å². The highest BCUT2D eigenvalue weighted by atomic mass is 32.2. The molecule has 1 aliphatic heterocycles. The van der Waals surface area contributed by atoms with Crippen molar-refractivity contribution in [2.24, 2.45) is 0 Å². The topological polar surface area (TPSA) is 70.3 Å². The first-order valence-electron chi connectivity index (χ1n) is 7.54. The first-order chi connectivity index (χ1) is 10.6. The van der Waals surface area contributed by atoms with Crippen LogP contribution in [0.25, 0.3) is 10.2 Å². The summed E-state index contributed by atoms with van der Waals surface area (Å²) in [6.45, 7) is 5.61. The molecule has 1 fully saturated rings. The van der Waals surface area contributed by atoms with Gasteiger partial charge in [0.15, 0.2) is 11.4 Å². The average molecular weight is 339 g/mol. The van der Waals surface area contributed by atoms with Crippen molar-refractivity contribution in [2.45, 2.75) is 44.6 Å². The van der Waals surface area contributed by atoms with E-state index in [4.69, 9.17) is 15.2 Å². The molecule has 0 spiro atoms. The molecule has 0 unspecified atom stereocenters. The van der Waals surface area contributed by atoms with Gasteiger partial charge in [-0.2, -0.15) is 0 Å². The highest BCUT2D eigenvalue weighted by Gasteiger charge is 2.15. The molecule has 120 valence electrons. The van der Waals surface area contributed by atoms with E-state index in [2.05, 4.69) is 23.8 Å². The SMILES string of the molecule is Cc1sc2nc(SCCO[C@@H]3CCCCO3)nc(N)c2c1C. The number of rotatable bonds is 5. The number of ether oxygens (including phenoxy) is 2. The van der Waals surface area contributed by atoms with Crippen LogP contribution in [0.1, 0.15) is 29.7 Å². The number of hydrogen-bond acceptors (Lipinski definition) is 7. The van der Waals surface area contributed by atoms with E-state index in [9.17, 15) is 0 Å². The first-order valence-corrected chi connectivity index (χ1v) is 9.34. The van der Waals surface area contributed by atoms with Crippen molar-refractivity contribution in [2.75, 3.05) is 24.7 Å². The maximum atomic E-state index is 6.08. The molecule has 1 aliphatic rings. The predicted molar refractivity (Wildman–Crippen MR) is 91.6 cm³/mol. The molecule has 5 nitrogen and oxygen atoms in total. The standard InChI is InChI=1S/C15H21N3O2S2/c1-9-10(2)22-14-12(9)13(16)17-15(18-14)21-8-7-20-11-5-3-4-6-19-11/h11H,3-8H2,1-2H3,(H2,16,17,18)/t11-/m1/s1. The molecule has 7 heteroatoms. The zero-order valence-corrected chi connectivity index (χ0v) is 14.6. The fourth-order valence-electron chi connectivity index (χ4n) is 2.48. The van der Waals surface area contributed by atoms with Crippen molar-refractivity contribution in [3.05, 3.63) is 10.4 Å². The summed E-state index contributed by atoms with van der Waals surface area (Å²) in [5.41, 5.74) is 7.27. The number of nitrogens with zero attached hydrogens (tertiary/aromatic N) is 2. The number of fused-ring (bicyclic) bond motifs is 1. The van der Waals surface area contributed by atoms with Gasteiger partial charge in [-0.1, -0.05) is 11.8 Å². The van der Waals surface area contributed by atoms with E-state index in [1.807, 2.05) is 0 Å². The van der Waals surface area contributed by atoms with Crippen LogP contribution in [0.3, 0.4) is 0 Å². The van der Waals surface area contributed by atoms with Gasteiger partial charge in [-0.3, -0.25) is 0 Å². The Bertz CT molecular complexity index is 654. The van der Waals surface area contributed by atoms with E-state index in [1.165, 1.54) is 16.9 Å². The Labute approximate surface area is 138 Å². The highest BCUT2D eigenvalue weighted by Crippen LogP contribution is 2.33. The number of aromatic nitrogens is 2. The number of nitrogens with two attached hydrogens (primary N) is 1. The van der Waals surface area contributed by atoms with E-state index < -0.39 is 0 Å². The van der Waals surface area contributed by atoms with Crippen LogP contribution >= 0.6 is 23.1 Å². The Balaban J connectivity index is 1.57. The van der Waals surface area contributed by atoms with Gasteiger partial charge in [0.1, 0.15) is 10.6 Å². The lowest BCUT2D eigenvalue weighted by Crippen LogP contribution is -2.23. The molecule has 2 aromatic rings. The van der Waals surface area contributed by atoms with Crippen LogP contribution in [0, 0.1) is 13.8 Å². The summed E-state index contributed by atoms with van der Waals surface area (Å²) in [6, 6.07) is 0. The normalized spacial score (nSPS) is 18.9. The molecule has 0 amide bonds. The summed E-state index contributed by atoms with van der Waals surface area (Å²) in [5.74, 6) is 1.37. The molecule has 2 aromatic heterocycles. The molecule has 0 saturated carbocycles. The Morgan fingerprint density at radius 2 is 2.23 bits per heavy atom. The predicted octanol–water partition coefficient (Wildman–Crippen LogP) is 3.53. The molecule has 3 heterocycles. The monoisotopic (exact) mass is 339 g/mol. The Morgan fingerprint density at radius 1 is 1.36 bits per heavy atom. The molecule has 1 saturated heterocycles. The molecule has 3 rings (SSSR count). The molecular weight excluding hydrogens is 318 g/mol. The van der Waals surface area contributed by atoms with Crippen LogP contribution in [0.15, 0.2) is 5.16 Å². The Kier molecular flexibility index (Phi) is 5.18. The fourth-order valence-corrected chi connectivity index (χ4v) is 4.26. The lowest BCUT2D eigenvalue weighted by atomic mass is 10.2. The summed E-state index contributed by atoms with van der Waals surface area (Å²) < 4.78 is 11.3. The minimum absolute atomic E-state index is 0.0367. The van der Waals surface area contributed by atoms with Gasteiger partial charge in [0.2, 0.25) is 0 Å². The third-order valence-electron chi connectivity index (χ3n) is 3.79. The lowest BCUT2D eigenvalue weighted by Gasteiger charge is -2.22. The third-order valence-corrected chi connectivity index (χ3v) is 5.70. The van der Waals surface area contributed by atoms with E-state index in [0.29, 0.717) is 12.4 Å². The smallest absolute Gasteiger partial charge is 0.190 e. The minimum Gasteiger partial charge on any atom is -0.383 e. The second-order valence-electron chi connectivity index (χ2n) is 5.37. The van der Waals surface area contributed by atoms with Gasteiger partial charge in [-0.15, -0.1) is 11.3 Å². The molecule has 0 aromatic carbocycles. The number of thiophene rings is 1. The summed E-state index contributed by atoms with van der Waals surface area (Å²) >= 11 is 3.25. The van der Waals surface area contributed by atoms with Gasteiger partial charge in [0.05, 0.1) is 12.0 Å². The number of nitrogen functional groups attached to an aromatic ring is 1. The van der Waals surface area contributed by atoms with E-state index in [0.717, 1.165) is 40.6 Å². The summed E-state index contributed by atoms with van der Waals surface area (Å²) in [7, 11) is 0. The zero-order chi connectivity index (χ0) is 15.5. The number of anilines is 1. The second kappa shape index (κ2) is 7.12. The molecule has 2 N–H and O–H groups in total. The van der Waals surface area contributed by atoms with Crippen LogP contribution < -0.4 is 5.73 Å². The zero-order valence-electron chi connectivity index (χ0n) is 12.9. The van der Waals surface area contributed by atoms with Crippen molar-refractivity contribution in [3.8, 4) is 0 Å². The summed E-state index contributed by atoms with van der Waals surface area (Å²) in [5, 5.41) is 1.72. The first kappa shape index (κ1) is 16.0. The van der Waals surface area contributed by atoms with Crippen LogP contribution in [-0.4, -0.2) is 35.2 Å². The maximum absolute atomic E-state index is 6.08. The van der Waals surface area contributed by atoms with Gasteiger partial charge in [0, 0.05) is 17.2 Å². The Hall–Kier alpha value is -0.890. The summed E-state index contributed by atoms with van der Waals surface area (Å²) in [6.07, 6.45) is 3.28. The average Bonchev–Trinajstić information content (AvgIpc) is 2.80. The van der Waals surface area contributed by atoms with Gasteiger partial charge >= 0.3 is 0 Å². The lowest BCUT2D eigenvalue weighted by molar-refractivity contribution is -0.158. The van der Waals surface area contributed by atoms with Crippen LogP contribution in [-0.2, 0) is 9.47 Å². The van der Waals surface area contributed by atoms with Crippen LogP contribution in [0.4, 0.5) is 5.82 Å². The Morgan fingerprint density at radius 3 is 3.00 bits per heavy atom. The molecule has 0 radical (unpaired) electrons. The molecule has 22 heavy (non-hydrogen) atoms. The third kappa shape index (κ3) is 3.53. The molecule has 0 aliphatic carbocycles. The minimum atomic E-state index is -0.0367. The highest BCUT2D eigenvalue weighted by molar-refractivity contribution is 7.99. The van der Waals surface area contributed by atoms with Crippen molar-refractivity contribution < 1.29 is 9.47 Å². The van der Waals surface area contributed by atoms with E-state index >= 15 is 0 Å². The maximum Gasteiger partial charge on any atom is 0.190 e. The van der Waals surface area contributed by atoms with E-state index in [-0.39, 0.29) is 6.29 Å². The van der Waals surface area contributed by atoms with Crippen molar-refractivity contribution in [3.63, 3.8) is 0 Å². The molecule has 0 bridgehead atoms. The number of thioether (sulfide) groups is 1. The molecular formula is C15H21N3O2S2. The fraction of sp³-hybridized carbons (Fsp3) is 0.600. The number of hydrogen-bond donors (Lipinski definition) is 1. The molecule has 1 atom stereocenters. The van der Waals surface area contributed by atoms with Crippen molar-refractivity contribution >= 4 is 39.1 Å². The number of aryl methyl sites for hydroxylation is 2. The van der Waals surface area contributed by atoms with Crippen molar-refractivity contribution in [1.82, 2.24) is 9.97 Å². The van der Waals surface area contributed by atoms with Gasteiger partial charge in [-0.25, -0.2) is 9.97 Å². The van der Waals surface area contributed by atoms with Gasteiger partial charge < -0.3 is 15.2 Å². The second-order valence-corrected chi connectivity index (χ2v) is 7.64. The van der Waals surface area contributed by atoms with E-state index in [1.54, 1.807) is 23.1 Å². The van der Waals surface area contributed by atoms with Crippen molar-refractivity contribution in [1.29, 1.82) is 0 Å². The summed E-state index contributed by atoms with van der Waals surface area (Å²) in [4.78, 5) is 11.2.